The van der Waals surface area contributed by atoms with Crippen molar-refractivity contribution in [1.82, 2.24) is 15.0 Å². The summed E-state index contributed by atoms with van der Waals surface area (Å²) in [7, 11) is 0. The molecule has 0 bridgehead atoms. The van der Waals surface area contributed by atoms with Crippen molar-refractivity contribution in [2.75, 3.05) is 0 Å². The Morgan fingerprint density at radius 1 is 1.25 bits per heavy atom. The van der Waals surface area contributed by atoms with E-state index < -0.39 is 12.0 Å². The molecule has 6 nitrogen and oxygen atoms in total. The largest absolute Gasteiger partial charge is 0.480 e. The van der Waals surface area contributed by atoms with Crippen LogP contribution < -0.4 is 0 Å². The van der Waals surface area contributed by atoms with Crippen LogP contribution in [0.25, 0.3) is 11.4 Å². The van der Waals surface area contributed by atoms with Gasteiger partial charge in [0.15, 0.2) is 0 Å². The van der Waals surface area contributed by atoms with Crippen LogP contribution >= 0.6 is 0 Å². The van der Waals surface area contributed by atoms with Gasteiger partial charge in [-0.1, -0.05) is 48.3 Å². The molecular weight excluding hydrogens is 306 g/mol. The van der Waals surface area contributed by atoms with E-state index in [-0.39, 0.29) is 0 Å². The summed E-state index contributed by atoms with van der Waals surface area (Å²) < 4.78 is 5.39. The van der Waals surface area contributed by atoms with Gasteiger partial charge in [-0.05, 0) is 25.2 Å². The van der Waals surface area contributed by atoms with Gasteiger partial charge in [0.25, 0.3) is 0 Å². The Kier molecular flexibility index (Phi) is 4.06. The maximum absolute atomic E-state index is 11.7. The number of likely N-dealkylation sites (tertiary alicyclic amines) is 1. The minimum atomic E-state index is -0.743. The molecule has 1 saturated heterocycles. The second-order valence-electron chi connectivity index (χ2n) is 6.75. The molecule has 0 amide bonds. The molecule has 1 aliphatic carbocycles. The molecule has 2 aromatic rings. The van der Waals surface area contributed by atoms with Crippen molar-refractivity contribution >= 4 is 5.97 Å². The molecule has 0 unspecified atom stereocenters. The average molecular weight is 327 g/mol. The third-order valence-electron chi connectivity index (χ3n) is 5.32. The predicted molar refractivity (Wildman–Crippen MR) is 87.1 cm³/mol. The predicted octanol–water partition coefficient (Wildman–Crippen LogP) is 2.95. The molecule has 126 valence electrons. The van der Waals surface area contributed by atoms with Crippen LogP contribution in [0.1, 0.15) is 38.0 Å². The lowest BCUT2D eigenvalue weighted by Gasteiger charge is -2.31. The second-order valence-corrected chi connectivity index (χ2v) is 6.75. The summed E-state index contributed by atoms with van der Waals surface area (Å²) >= 11 is 0. The lowest BCUT2D eigenvalue weighted by atomic mass is 9.85. The molecule has 2 heterocycles. The van der Waals surface area contributed by atoms with Gasteiger partial charge in [0.2, 0.25) is 11.7 Å². The minimum absolute atomic E-state index is 0.326. The number of hydrogen-bond donors (Lipinski definition) is 1. The smallest absolute Gasteiger partial charge is 0.320 e. The zero-order valence-corrected chi connectivity index (χ0v) is 13.5. The fraction of sp³-hybridized carbons (Fsp3) is 0.500. The monoisotopic (exact) mass is 327 g/mol. The number of carboxylic acids is 1. The first-order valence-electron chi connectivity index (χ1n) is 8.59. The van der Waals surface area contributed by atoms with Crippen LogP contribution in [0.3, 0.4) is 0 Å². The number of nitrogens with zero attached hydrogens (tertiary/aromatic N) is 3. The minimum Gasteiger partial charge on any atom is -0.480 e. The van der Waals surface area contributed by atoms with Crippen LogP contribution in [0.15, 0.2) is 34.9 Å². The molecule has 0 spiro atoms. The number of aromatic nitrogens is 2. The van der Waals surface area contributed by atoms with Crippen molar-refractivity contribution in [3.8, 4) is 11.4 Å². The van der Waals surface area contributed by atoms with E-state index in [0.717, 1.165) is 24.8 Å². The van der Waals surface area contributed by atoms with E-state index in [1.807, 2.05) is 30.3 Å². The van der Waals surface area contributed by atoms with E-state index in [1.54, 1.807) is 0 Å². The number of fused-ring (bicyclic) bond motifs is 1. The maximum Gasteiger partial charge on any atom is 0.320 e. The van der Waals surface area contributed by atoms with Crippen molar-refractivity contribution in [3.63, 3.8) is 0 Å². The van der Waals surface area contributed by atoms with E-state index in [0.29, 0.717) is 30.2 Å². The SMILES string of the molecule is O=C(O)[C@@H]1C[C@H]2CCCC[C@H]2N1Cc1nc(-c2ccccc2)no1. The van der Waals surface area contributed by atoms with Crippen LogP contribution in [0.4, 0.5) is 0 Å². The Hall–Kier alpha value is -2.21. The topological polar surface area (TPSA) is 79.5 Å². The zero-order valence-electron chi connectivity index (χ0n) is 13.5. The molecule has 1 N–H and O–H groups in total. The number of carboxylic acid groups (broad SMARTS) is 1. The number of hydrogen-bond acceptors (Lipinski definition) is 5. The van der Waals surface area contributed by atoms with Gasteiger partial charge < -0.3 is 9.63 Å². The first-order chi connectivity index (χ1) is 11.7. The molecule has 4 rings (SSSR count). The number of aliphatic carboxylic acids is 1. The highest BCUT2D eigenvalue weighted by atomic mass is 16.5. The molecule has 6 heteroatoms. The second kappa shape index (κ2) is 6.36. The van der Waals surface area contributed by atoms with Gasteiger partial charge in [-0.3, -0.25) is 9.69 Å². The molecule has 2 fully saturated rings. The van der Waals surface area contributed by atoms with Gasteiger partial charge in [-0.25, -0.2) is 0 Å². The van der Waals surface area contributed by atoms with E-state index >= 15 is 0 Å². The van der Waals surface area contributed by atoms with Gasteiger partial charge in [0.05, 0.1) is 6.54 Å². The summed E-state index contributed by atoms with van der Waals surface area (Å²) in [4.78, 5) is 18.2. The summed E-state index contributed by atoms with van der Waals surface area (Å²) in [5.41, 5.74) is 0.902. The molecule has 1 saturated carbocycles. The Bertz CT molecular complexity index is 715. The van der Waals surface area contributed by atoms with Gasteiger partial charge in [-0.2, -0.15) is 4.98 Å². The molecule has 1 aromatic carbocycles. The summed E-state index contributed by atoms with van der Waals surface area (Å²) in [5.74, 6) is 0.784. The van der Waals surface area contributed by atoms with E-state index in [9.17, 15) is 9.90 Å². The molecular formula is C18H21N3O3. The summed E-state index contributed by atoms with van der Waals surface area (Å²) in [5, 5.41) is 13.6. The Balaban J connectivity index is 1.55. The third kappa shape index (κ3) is 2.82. The number of benzene rings is 1. The lowest BCUT2D eigenvalue weighted by molar-refractivity contribution is -0.143. The standard InChI is InChI=1S/C18H21N3O3/c22-18(23)15-10-13-8-4-5-9-14(13)21(15)11-16-19-17(20-24-16)12-6-2-1-3-7-12/h1-3,6-7,13-15H,4-5,8-11H2,(H,22,23)/t13-,14-,15+/m1/s1. The highest BCUT2D eigenvalue weighted by molar-refractivity contribution is 5.74. The molecule has 24 heavy (non-hydrogen) atoms. The Morgan fingerprint density at radius 3 is 2.83 bits per heavy atom. The van der Waals surface area contributed by atoms with Crippen molar-refractivity contribution in [2.24, 2.45) is 5.92 Å². The fourth-order valence-electron chi connectivity index (χ4n) is 4.20. The van der Waals surface area contributed by atoms with Crippen LogP contribution in [0.2, 0.25) is 0 Å². The number of rotatable bonds is 4. The fourth-order valence-corrected chi connectivity index (χ4v) is 4.20. The zero-order chi connectivity index (χ0) is 16.5. The quantitative estimate of drug-likeness (QED) is 0.930. The summed E-state index contributed by atoms with van der Waals surface area (Å²) in [6, 6.07) is 9.55. The van der Waals surface area contributed by atoms with Gasteiger partial charge in [-0.15, -0.1) is 0 Å². The van der Waals surface area contributed by atoms with E-state index in [1.165, 1.54) is 12.8 Å². The average Bonchev–Trinajstić information content (AvgIpc) is 3.21. The molecule has 0 radical (unpaired) electrons. The normalized spacial score (nSPS) is 27.1. The first-order valence-corrected chi connectivity index (χ1v) is 8.59. The van der Waals surface area contributed by atoms with E-state index in [4.69, 9.17) is 4.52 Å². The van der Waals surface area contributed by atoms with Gasteiger partial charge >= 0.3 is 5.97 Å². The van der Waals surface area contributed by atoms with Crippen molar-refractivity contribution in [3.05, 3.63) is 36.2 Å². The number of carbonyl (C=O) groups is 1. The van der Waals surface area contributed by atoms with Crippen molar-refractivity contribution in [2.45, 2.75) is 50.7 Å². The van der Waals surface area contributed by atoms with Crippen molar-refractivity contribution < 1.29 is 14.4 Å². The highest BCUT2D eigenvalue weighted by Gasteiger charge is 2.45. The molecule has 3 atom stereocenters. The van der Waals surface area contributed by atoms with Crippen molar-refractivity contribution in [1.29, 1.82) is 0 Å². The summed E-state index contributed by atoms with van der Waals surface area (Å²) in [6.07, 6.45) is 5.31. The molecule has 1 aliphatic heterocycles. The Labute approximate surface area is 140 Å². The lowest BCUT2D eigenvalue weighted by Crippen LogP contribution is -2.41. The van der Waals surface area contributed by atoms with E-state index in [2.05, 4.69) is 15.0 Å². The summed E-state index contributed by atoms with van der Waals surface area (Å²) in [6.45, 7) is 0.415. The third-order valence-corrected chi connectivity index (χ3v) is 5.32. The van der Waals surface area contributed by atoms with Crippen LogP contribution in [0.5, 0.6) is 0 Å². The van der Waals surface area contributed by atoms with Crippen LogP contribution in [0, 0.1) is 5.92 Å². The van der Waals surface area contributed by atoms with Gasteiger partial charge in [0, 0.05) is 11.6 Å². The van der Waals surface area contributed by atoms with Gasteiger partial charge in [0.1, 0.15) is 6.04 Å². The maximum atomic E-state index is 11.7. The van der Waals surface area contributed by atoms with Crippen LogP contribution in [-0.2, 0) is 11.3 Å². The first kappa shape index (κ1) is 15.3. The molecule has 2 aliphatic rings. The highest BCUT2D eigenvalue weighted by Crippen LogP contribution is 2.40. The van der Waals surface area contributed by atoms with Crippen LogP contribution in [-0.4, -0.2) is 38.2 Å². The Morgan fingerprint density at radius 2 is 2.04 bits per heavy atom. The molecule has 1 aromatic heterocycles.